The van der Waals surface area contributed by atoms with Crippen LogP contribution >= 0.6 is 0 Å². The minimum absolute atomic E-state index is 0.312. The van der Waals surface area contributed by atoms with Crippen LogP contribution in [0.2, 0.25) is 0 Å². The third kappa shape index (κ3) is 2.08. The fraction of sp³-hybridized carbons (Fsp3) is 0.333. The summed E-state index contributed by atoms with van der Waals surface area (Å²) in [5, 5.41) is 4.86. The van der Waals surface area contributed by atoms with Crippen molar-refractivity contribution in [2.75, 3.05) is 7.11 Å². The van der Waals surface area contributed by atoms with Gasteiger partial charge >= 0.3 is 6.03 Å². The number of amides is 3. The molecule has 1 aromatic carbocycles. The van der Waals surface area contributed by atoms with Crippen LogP contribution in [-0.2, 0) is 11.2 Å². The van der Waals surface area contributed by atoms with Gasteiger partial charge in [0.2, 0.25) is 0 Å². The summed E-state index contributed by atoms with van der Waals surface area (Å²) in [5.74, 6) is 0.399. The number of hydrogen-bond acceptors (Lipinski definition) is 3. The van der Waals surface area contributed by atoms with Gasteiger partial charge in [-0.15, -0.1) is 0 Å². The third-order valence-corrected chi connectivity index (χ3v) is 2.85. The van der Waals surface area contributed by atoms with Gasteiger partial charge in [-0.25, -0.2) is 4.79 Å². The van der Waals surface area contributed by atoms with Gasteiger partial charge in [0, 0.05) is 6.42 Å². The van der Waals surface area contributed by atoms with E-state index in [0.29, 0.717) is 12.2 Å². The molecule has 1 saturated heterocycles. The first kappa shape index (κ1) is 11.4. The van der Waals surface area contributed by atoms with Gasteiger partial charge in [-0.2, -0.15) is 0 Å². The minimum Gasteiger partial charge on any atom is -0.496 e. The second-order valence-electron chi connectivity index (χ2n) is 4.23. The first-order valence-corrected chi connectivity index (χ1v) is 5.31. The normalized spacial score (nSPS) is 23.2. The molecule has 2 N–H and O–H groups in total. The lowest BCUT2D eigenvalue weighted by atomic mass is 9.92. The Morgan fingerprint density at radius 3 is 2.59 bits per heavy atom. The maximum atomic E-state index is 11.7. The van der Waals surface area contributed by atoms with E-state index in [-0.39, 0.29) is 5.91 Å². The van der Waals surface area contributed by atoms with Crippen LogP contribution in [0.15, 0.2) is 24.3 Å². The molecule has 0 aliphatic carbocycles. The average molecular weight is 234 g/mol. The SMILES string of the molecule is COc1ccccc1C[C@]1(C)NC(=O)NC1=O. The van der Waals surface area contributed by atoms with Crippen molar-refractivity contribution in [3.05, 3.63) is 29.8 Å². The lowest BCUT2D eigenvalue weighted by molar-refractivity contribution is -0.123. The monoisotopic (exact) mass is 234 g/mol. The highest BCUT2D eigenvalue weighted by molar-refractivity contribution is 6.06. The molecule has 3 amide bonds. The Kier molecular flexibility index (Phi) is 2.75. The van der Waals surface area contributed by atoms with Crippen LogP contribution in [0.4, 0.5) is 4.79 Å². The fourth-order valence-electron chi connectivity index (χ4n) is 1.93. The quantitative estimate of drug-likeness (QED) is 0.761. The molecule has 1 heterocycles. The number of rotatable bonds is 3. The molecule has 0 aromatic heterocycles. The highest BCUT2D eigenvalue weighted by atomic mass is 16.5. The van der Waals surface area contributed by atoms with Crippen molar-refractivity contribution in [2.24, 2.45) is 0 Å². The van der Waals surface area contributed by atoms with Crippen molar-refractivity contribution < 1.29 is 14.3 Å². The number of benzene rings is 1. The molecule has 17 heavy (non-hydrogen) atoms. The highest BCUT2D eigenvalue weighted by Gasteiger charge is 2.42. The summed E-state index contributed by atoms with van der Waals surface area (Å²) in [6.45, 7) is 1.69. The predicted octanol–water partition coefficient (Wildman–Crippen LogP) is 0.836. The van der Waals surface area contributed by atoms with E-state index in [1.165, 1.54) is 0 Å². The largest absolute Gasteiger partial charge is 0.496 e. The number of nitrogens with one attached hydrogen (secondary N) is 2. The Morgan fingerprint density at radius 1 is 1.29 bits per heavy atom. The summed E-state index contributed by atoms with van der Waals surface area (Å²) in [4.78, 5) is 22.8. The number of hydrogen-bond donors (Lipinski definition) is 2. The Balaban J connectivity index is 2.26. The zero-order chi connectivity index (χ0) is 12.5. The topological polar surface area (TPSA) is 67.4 Å². The number of carbonyl (C=O) groups excluding carboxylic acids is 2. The molecule has 0 bridgehead atoms. The predicted molar refractivity (Wildman–Crippen MR) is 61.8 cm³/mol. The van der Waals surface area contributed by atoms with E-state index < -0.39 is 11.6 Å². The van der Waals surface area contributed by atoms with Crippen molar-refractivity contribution >= 4 is 11.9 Å². The van der Waals surface area contributed by atoms with Gasteiger partial charge in [-0.3, -0.25) is 10.1 Å². The first-order valence-electron chi connectivity index (χ1n) is 5.31. The number of imide groups is 1. The van der Waals surface area contributed by atoms with Gasteiger partial charge in [0.25, 0.3) is 5.91 Å². The standard InChI is InChI=1S/C12H14N2O3/c1-12(10(15)13-11(16)14-12)7-8-5-3-4-6-9(8)17-2/h3-6H,7H2,1-2H3,(H2,13,14,15,16)/t12-/m0/s1. The second kappa shape index (κ2) is 4.08. The molecular formula is C12H14N2O3. The molecule has 0 spiro atoms. The van der Waals surface area contributed by atoms with Crippen molar-refractivity contribution in [1.29, 1.82) is 0 Å². The molecule has 0 unspecified atom stereocenters. The van der Waals surface area contributed by atoms with E-state index in [0.717, 1.165) is 5.56 Å². The van der Waals surface area contributed by atoms with Gasteiger partial charge in [0.05, 0.1) is 7.11 Å². The second-order valence-corrected chi connectivity index (χ2v) is 4.23. The smallest absolute Gasteiger partial charge is 0.322 e. The van der Waals surface area contributed by atoms with Crippen LogP contribution in [0.25, 0.3) is 0 Å². The molecule has 2 rings (SSSR count). The van der Waals surface area contributed by atoms with E-state index in [1.54, 1.807) is 14.0 Å². The third-order valence-electron chi connectivity index (χ3n) is 2.85. The van der Waals surface area contributed by atoms with E-state index in [1.807, 2.05) is 24.3 Å². The van der Waals surface area contributed by atoms with Crippen LogP contribution in [0, 0.1) is 0 Å². The molecule has 1 atom stereocenters. The maximum absolute atomic E-state index is 11.7. The molecule has 1 aromatic rings. The summed E-state index contributed by atoms with van der Waals surface area (Å²) in [7, 11) is 1.58. The van der Waals surface area contributed by atoms with Crippen LogP contribution in [0.5, 0.6) is 5.75 Å². The zero-order valence-corrected chi connectivity index (χ0v) is 9.74. The highest BCUT2D eigenvalue weighted by Crippen LogP contribution is 2.24. The van der Waals surface area contributed by atoms with Gasteiger partial charge < -0.3 is 10.1 Å². The molecule has 1 aliphatic heterocycles. The van der Waals surface area contributed by atoms with Gasteiger partial charge in [-0.1, -0.05) is 18.2 Å². The Morgan fingerprint density at radius 2 is 2.00 bits per heavy atom. The van der Waals surface area contributed by atoms with Crippen LogP contribution in [-0.4, -0.2) is 24.6 Å². The van der Waals surface area contributed by atoms with E-state index in [9.17, 15) is 9.59 Å². The molecule has 5 heteroatoms. The van der Waals surface area contributed by atoms with Crippen molar-refractivity contribution in [1.82, 2.24) is 10.6 Å². The molecular weight excluding hydrogens is 220 g/mol. The molecule has 0 saturated carbocycles. The first-order chi connectivity index (χ1) is 8.05. The van der Waals surface area contributed by atoms with Crippen LogP contribution in [0.3, 0.4) is 0 Å². The summed E-state index contributed by atoms with van der Waals surface area (Å²) < 4.78 is 5.22. The minimum atomic E-state index is -0.911. The summed E-state index contributed by atoms with van der Waals surface area (Å²) in [6.07, 6.45) is 0.397. The van der Waals surface area contributed by atoms with Crippen LogP contribution in [0.1, 0.15) is 12.5 Å². The molecule has 1 fully saturated rings. The number of carbonyl (C=O) groups is 2. The Labute approximate surface area is 99.2 Å². The molecule has 1 aliphatic rings. The van der Waals surface area contributed by atoms with Gasteiger partial charge in [-0.05, 0) is 18.6 Å². The molecule has 0 radical (unpaired) electrons. The van der Waals surface area contributed by atoms with Crippen molar-refractivity contribution in [3.8, 4) is 5.75 Å². The lowest BCUT2D eigenvalue weighted by Crippen LogP contribution is -2.45. The zero-order valence-electron chi connectivity index (χ0n) is 9.74. The van der Waals surface area contributed by atoms with Crippen LogP contribution < -0.4 is 15.4 Å². The fourth-order valence-corrected chi connectivity index (χ4v) is 1.93. The maximum Gasteiger partial charge on any atom is 0.322 e. The number of urea groups is 1. The summed E-state index contributed by atoms with van der Waals surface area (Å²) in [5.41, 5.74) is -0.0269. The number of methoxy groups -OCH3 is 1. The number of ether oxygens (including phenoxy) is 1. The van der Waals surface area contributed by atoms with Crippen molar-refractivity contribution in [3.63, 3.8) is 0 Å². The van der Waals surface area contributed by atoms with E-state index >= 15 is 0 Å². The Bertz CT molecular complexity index is 473. The average Bonchev–Trinajstić information content (AvgIpc) is 2.53. The lowest BCUT2D eigenvalue weighted by Gasteiger charge is -2.21. The molecule has 5 nitrogen and oxygen atoms in total. The Hall–Kier alpha value is -2.04. The van der Waals surface area contributed by atoms with Gasteiger partial charge in [0.1, 0.15) is 11.3 Å². The van der Waals surface area contributed by atoms with Gasteiger partial charge in [0.15, 0.2) is 0 Å². The van der Waals surface area contributed by atoms with E-state index in [2.05, 4.69) is 10.6 Å². The van der Waals surface area contributed by atoms with E-state index in [4.69, 9.17) is 4.74 Å². The summed E-state index contributed by atoms with van der Waals surface area (Å²) in [6, 6.07) is 6.98. The molecule has 90 valence electrons. The number of para-hydroxylation sites is 1. The van der Waals surface area contributed by atoms with Crippen molar-refractivity contribution in [2.45, 2.75) is 18.9 Å². The summed E-state index contributed by atoms with van der Waals surface area (Å²) >= 11 is 0.